The first-order valence-electron chi connectivity index (χ1n) is 10.9. The van der Waals surface area contributed by atoms with E-state index in [1.54, 1.807) is 9.80 Å². The van der Waals surface area contributed by atoms with Crippen molar-refractivity contribution in [3.63, 3.8) is 0 Å². The lowest BCUT2D eigenvalue weighted by atomic mass is 9.95. The molecule has 2 bridgehead atoms. The topological polar surface area (TPSA) is 79.3 Å². The summed E-state index contributed by atoms with van der Waals surface area (Å²) in [6.45, 7) is 8.04. The van der Waals surface area contributed by atoms with E-state index in [9.17, 15) is 14.7 Å². The minimum absolute atomic E-state index is 0.126. The molecule has 3 rings (SSSR count). The fourth-order valence-corrected chi connectivity index (χ4v) is 4.51. The van der Waals surface area contributed by atoms with E-state index in [2.05, 4.69) is 0 Å². The first-order chi connectivity index (χ1) is 14.2. The van der Waals surface area contributed by atoms with E-state index < -0.39 is 23.8 Å². The summed E-state index contributed by atoms with van der Waals surface area (Å²) >= 11 is 0. The molecule has 1 unspecified atom stereocenters. The van der Waals surface area contributed by atoms with Crippen molar-refractivity contribution in [2.75, 3.05) is 6.54 Å². The number of piperazine rings is 1. The first kappa shape index (κ1) is 22.4. The second kappa shape index (κ2) is 9.25. The Balaban J connectivity index is 1.77. The summed E-state index contributed by atoms with van der Waals surface area (Å²) in [4.78, 5) is 29.2. The molecule has 0 aliphatic carbocycles. The molecule has 30 heavy (non-hydrogen) atoms. The number of amides is 2. The third kappa shape index (κ3) is 5.06. The maximum Gasteiger partial charge on any atom is 0.410 e. The van der Waals surface area contributed by atoms with Crippen LogP contribution in [0.15, 0.2) is 30.3 Å². The van der Waals surface area contributed by atoms with Crippen LogP contribution in [0, 0.1) is 0 Å². The van der Waals surface area contributed by atoms with Gasteiger partial charge >= 0.3 is 12.2 Å². The van der Waals surface area contributed by atoms with Crippen LogP contribution in [0.3, 0.4) is 0 Å². The highest BCUT2D eigenvalue weighted by Gasteiger charge is 2.53. The summed E-state index contributed by atoms with van der Waals surface area (Å²) in [5.41, 5.74) is 0.312. The molecule has 2 aliphatic heterocycles. The summed E-state index contributed by atoms with van der Waals surface area (Å²) in [7, 11) is 0. The Morgan fingerprint density at radius 1 is 1.17 bits per heavy atom. The van der Waals surface area contributed by atoms with Gasteiger partial charge in [0.1, 0.15) is 12.2 Å². The summed E-state index contributed by atoms with van der Waals surface area (Å²) in [6.07, 6.45) is 1.30. The smallest absolute Gasteiger partial charge is 0.410 e. The van der Waals surface area contributed by atoms with Crippen molar-refractivity contribution >= 4 is 12.2 Å². The zero-order chi connectivity index (χ0) is 21.9. The van der Waals surface area contributed by atoms with Crippen molar-refractivity contribution in [2.45, 2.75) is 89.8 Å². The highest BCUT2D eigenvalue weighted by Crippen LogP contribution is 2.37. The average Bonchev–Trinajstić information content (AvgIpc) is 2.99. The number of hydrogen-bond acceptors (Lipinski definition) is 5. The van der Waals surface area contributed by atoms with Gasteiger partial charge in [-0.15, -0.1) is 0 Å². The molecule has 2 saturated heterocycles. The van der Waals surface area contributed by atoms with Crippen molar-refractivity contribution in [1.29, 1.82) is 0 Å². The molecule has 166 valence electrons. The van der Waals surface area contributed by atoms with Gasteiger partial charge in [0, 0.05) is 6.54 Å². The lowest BCUT2D eigenvalue weighted by Crippen LogP contribution is -2.66. The molecule has 0 radical (unpaired) electrons. The van der Waals surface area contributed by atoms with Crippen molar-refractivity contribution < 1.29 is 24.2 Å². The van der Waals surface area contributed by atoms with Crippen LogP contribution in [-0.4, -0.2) is 63.5 Å². The maximum absolute atomic E-state index is 13.0. The largest absolute Gasteiger partial charge is 0.445 e. The van der Waals surface area contributed by atoms with E-state index >= 15 is 0 Å². The van der Waals surface area contributed by atoms with Gasteiger partial charge < -0.3 is 14.6 Å². The van der Waals surface area contributed by atoms with Gasteiger partial charge in [0.15, 0.2) is 0 Å². The van der Waals surface area contributed by atoms with Gasteiger partial charge in [0.2, 0.25) is 0 Å². The maximum atomic E-state index is 13.0. The Labute approximate surface area is 178 Å². The second-order valence-corrected chi connectivity index (χ2v) is 9.23. The Bertz CT molecular complexity index is 733. The highest BCUT2D eigenvalue weighted by molar-refractivity contribution is 5.72. The molecule has 1 aromatic carbocycles. The van der Waals surface area contributed by atoms with Crippen molar-refractivity contribution in [3.8, 4) is 0 Å². The molecule has 7 heteroatoms. The van der Waals surface area contributed by atoms with E-state index in [0.29, 0.717) is 13.0 Å². The fourth-order valence-electron chi connectivity index (χ4n) is 4.51. The average molecular weight is 419 g/mol. The summed E-state index contributed by atoms with van der Waals surface area (Å²) in [5, 5.41) is 10.9. The van der Waals surface area contributed by atoms with E-state index in [1.807, 2.05) is 58.0 Å². The molecule has 2 amide bonds. The number of carbonyl (C=O) groups excluding carboxylic acids is 2. The normalized spacial score (nSPS) is 24.5. The Kier molecular flexibility index (Phi) is 6.91. The number of hydrogen-bond donors (Lipinski definition) is 1. The van der Waals surface area contributed by atoms with Crippen LogP contribution in [0.2, 0.25) is 0 Å². The summed E-state index contributed by atoms with van der Waals surface area (Å²) < 4.78 is 11.2. The van der Waals surface area contributed by atoms with E-state index in [-0.39, 0.29) is 24.8 Å². The van der Waals surface area contributed by atoms with Crippen molar-refractivity contribution in [1.82, 2.24) is 9.80 Å². The van der Waals surface area contributed by atoms with Crippen LogP contribution in [0.4, 0.5) is 9.59 Å². The molecular formula is C23H34N2O5. The Morgan fingerprint density at radius 3 is 2.50 bits per heavy atom. The lowest BCUT2D eigenvalue weighted by molar-refractivity contribution is -0.0540. The minimum Gasteiger partial charge on any atom is -0.445 e. The molecule has 1 aromatic rings. The van der Waals surface area contributed by atoms with Crippen LogP contribution in [0.25, 0.3) is 0 Å². The molecular weight excluding hydrogens is 384 g/mol. The van der Waals surface area contributed by atoms with Gasteiger partial charge in [-0.3, -0.25) is 9.80 Å². The zero-order valence-electron chi connectivity index (χ0n) is 18.4. The number of nitrogens with zero attached hydrogens (tertiary/aromatic N) is 2. The van der Waals surface area contributed by atoms with E-state index in [4.69, 9.17) is 9.47 Å². The predicted molar refractivity (Wildman–Crippen MR) is 113 cm³/mol. The van der Waals surface area contributed by atoms with Crippen LogP contribution in [-0.2, 0) is 16.1 Å². The van der Waals surface area contributed by atoms with Crippen LogP contribution in [0.1, 0.15) is 58.9 Å². The fraction of sp³-hybridized carbons (Fsp3) is 0.652. The first-order valence-corrected chi connectivity index (χ1v) is 10.9. The molecule has 7 nitrogen and oxygen atoms in total. The Morgan fingerprint density at radius 2 is 1.87 bits per heavy atom. The summed E-state index contributed by atoms with van der Waals surface area (Å²) in [6, 6.07) is 8.62. The number of fused-ring (bicyclic) bond motifs is 2. The standard InChI is InChI=1S/C23H34N2O5/c1-5-9-19(26)20-18-13-12-17(25(18)22(28)30-23(2,3)4)14-24(20)21(27)29-15-16-10-7-6-8-11-16/h6-8,10-11,17-20,26H,5,9,12-15H2,1-4H3/t17-,18+,19?,20+/m1/s1. The van der Waals surface area contributed by atoms with Gasteiger partial charge in [0.25, 0.3) is 0 Å². The number of benzene rings is 1. The van der Waals surface area contributed by atoms with Crippen LogP contribution >= 0.6 is 0 Å². The molecule has 0 saturated carbocycles. The highest BCUT2D eigenvalue weighted by atomic mass is 16.6. The van der Waals surface area contributed by atoms with E-state index in [0.717, 1.165) is 24.8 Å². The van der Waals surface area contributed by atoms with Crippen LogP contribution < -0.4 is 0 Å². The number of ether oxygens (including phenoxy) is 2. The second-order valence-electron chi connectivity index (χ2n) is 9.23. The van der Waals surface area contributed by atoms with E-state index in [1.165, 1.54) is 0 Å². The molecule has 0 spiro atoms. The quantitative estimate of drug-likeness (QED) is 0.784. The number of aliphatic hydroxyl groups is 1. The molecule has 4 atom stereocenters. The lowest BCUT2D eigenvalue weighted by Gasteiger charge is -2.47. The predicted octanol–water partition coefficient (Wildman–Crippen LogP) is 3.94. The van der Waals surface area contributed by atoms with Crippen molar-refractivity contribution in [3.05, 3.63) is 35.9 Å². The molecule has 2 fully saturated rings. The van der Waals surface area contributed by atoms with Gasteiger partial charge in [-0.2, -0.15) is 0 Å². The van der Waals surface area contributed by atoms with Crippen LogP contribution in [0.5, 0.6) is 0 Å². The Hall–Kier alpha value is -2.28. The van der Waals surface area contributed by atoms with Gasteiger partial charge in [-0.25, -0.2) is 9.59 Å². The number of likely N-dealkylation sites (tertiary alicyclic amines) is 1. The number of aliphatic hydroxyl groups excluding tert-OH is 1. The zero-order valence-corrected chi connectivity index (χ0v) is 18.4. The number of carbonyl (C=O) groups is 2. The third-order valence-electron chi connectivity index (χ3n) is 5.73. The minimum atomic E-state index is -0.728. The third-order valence-corrected chi connectivity index (χ3v) is 5.73. The van der Waals surface area contributed by atoms with Gasteiger partial charge in [0.05, 0.1) is 24.2 Å². The molecule has 0 aromatic heterocycles. The molecule has 2 heterocycles. The monoisotopic (exact) mass is 418 g/mol. The SMILES string of the molecule is CCCC(O)[C@@H]1[C@@H]2CC[C@H](CN1C(=O)OCc1ccccc1)N2C(=O)OC(C)(C)C. The summed E-state index contributed by atoms with van der Waals surface area (Å²) in [5.74, 6) is 0. The van der Waals surface area contributed by atoms with Crippen molar-refractivity contribution in [2.24, 2.45) is 0 Å². The van der Waals surface area contributed by atoms with Gasteiger partial charge in [-0.05, 0) is 45.6 Å². The molecule has 2 aliphatic rings. The number of rotatable bonds is 5. The van der Waals surface area contributed by atoms with Gasteiger partial charge in [-0.1, -0.05) is 43.7 Å². The molecule has 1 N–H and O–H groups in total.